The Bertz CT molecular complexity index is 1600. The molecule has 0 bridgehead atoms. The van der Waals surface area contributed by atoms with Crippen LogP contribution in [0.15, 0.2) is 57.6 Å². The van der Waals surface area contributed by atoms with Crippen LogP contribution in [0.3, 0.4) is 0 Å². The SMILES string of the molecule is CCOC(=O)COc1cc(-c2cc(=O)c3c(OCC(=O)OCC)cc(OCC4=COC(C)(C)O4)cc3o2)ccc1C(C)COC. The summed E-state index contributed by atoms with van der Waals surface area (Å²) >= 11 is 0. The number of carbonyl (C=O) groups is 2. The molecule has 1 unspecified atom stereocenters. The van der Waals surface area contributed by atoms with Gasteiger partial charge in [-0.2, -0.15) is 0 Å². The molecule has 0 saturated heterocycles. The average molecular weight is 627 g/mol. The third kappa shape index (κ3) is 8.69. The molecule has 242 valence electrons. The molecule has 0 radical (unpaired) electrons. The first kappa shape index (κ1) is 33.2. The first-order chi connectivity index (χ1) is 21.5. The minimum absolute atomic E-state index is 0.0263. The summed E-state index contributed by atoms with van der Waals surface area (Å²) in [7, 11) is 1.60. The van der Waals surface area contributed by atoms with Crippen molar-refractivity contribution in [1.29, 1.82) is 0 Å². The van der Waals surface area contributed by atoms with Crippen LogP contribution in [-0.2, 0) is 33.3 Å². The van der Waals surface area contributed by atoms with Crippen molar-refractivity contribution in [2.45, 2.75) is 46.3 Å². The molecule has 12 nitrogen and oxygen atoms in total. The molecule has 0 aliphatic carbocycles. The lowest BCUT2D eigenvalue weighted by atomic mass is 9.98. The maximum Gasteiger partial charge on any atom is 0.344 e. The lowest BCUT2D eigenvalue weighted by molar-refractivity contribution is -0.146. The van der Waals surface area contributed by atoms with Crippen molar-refractivity contribution in [1.82, 2.24) is 0 Å². The van der Waals surface area contributed by atoms with Crippen LogP contribution in [0.2, 0.25) is 0 Å². The summed E-state index contributed by atoms with van der Waals surface area (Å²) < 4.78 is 50.1. The summed E-state index contributed by atoms with van der Waals surface area (Å²) in [6.07, 6.45) is 1.47. The van der Waals surface area contributed by atoms with Crippen LogP contribution >= 0.6 is 0 Å². The topological polar surface area (TPSA) is 138 Å². The number of esters is 2. The van der Waals surface area contributed by atoms with Crippen LogP contribution < -0.4 is 19.6 Å². The van der Waals surface area contributed by atoms with Gasteiger partial charge in [0.05, 0.1) is 19.8 Å². The third-order valence-corrected chi connectivity index (χ3v) is 6.55. The van der Waals surface area contributed by atoms with Crippen LogP contribution in [0.1, 0.15) is 46.1 Å². The van der Waals surface area contributed by atoms with Crippen molar-refractivity contribution < 1.29 is 51.9 Å². The van der Waals surface area contributed by atoms with E-state index in [2.05, 4.69) is 0 Å². The van der Waals surface area contributed by atoms with Gasteiger partial charge in [-0.15, -0.1) is 0 Å². The summed E-state index contributed by atoms with van der Waals surface area (Å²) in [6, 6.07) is 9.66. The summed E-state index contributed by atoms with van der Waals surface area (Å²) in [5, 5.41) is 0.111. The molecule has 2 heterocycles. The molecule has 45 heavy (non-hydrogen) atoms. The van der Waals surface area contributed by atoms with Gasteiger partial charge in [0.25, 0.3) is 0 Å². The number of rotatable bonds is 15. The van der Waals surface area contributed by atoms with E-state index in [-0.39, 0.29) is 60.6 Å². The highest BCUT2D eigenvalue weighted by molar-refractivity contribution is 5.87. The van der Waals surface area contributed by atoms with Crippen LogP contribution in [0.25, 0.3) is 22.3 Å². The molecule has 0 amide bonds. The summed E-state index contributed by atoms with van der Waals surface area (Å²) in [5.41, 5.74) is 1.05. The number of hydrogen-bond acceptors (Lipinski definition) is 12. The molecule has 0 spiro atoms. The Morgan fingerprint density at radius 2 is 1.60 bits per heavy atom. The van der Waals surface area contributed by atoms with E-state index >= 15 is 0 Å². The van der Waals surface area contributed by atoms with Crippen LogP contribution in [0.5, 0.6) is 17.2 Å². The van der Waals surface area contributed by atoms with Gasteiger partial charge < -0.3 is 42.3 Å². The van der Waals surface area contributed by atoms with E-state index in [1.165, 1.54) is 18.4 Å². The number of carbonyl (C=O) groups excluding carboxylic acids is 2. The van der Waals surface area contributed by atoms with Gasteiger partial charge in [-0.25, -0.2) is 9.59 Å². The first-order valence-electron chi connectivity index (χ1n) is 14.5. The second-order valence-electron chi connectivity index (χ2n) is 10.6. The lowest BCUT2D eigenvalue weighted by Crippen LogP contribution is -2.21. The molecule has 0 N–H and O–H groups in total. The van der Waals surface area contributed by atoms with Gasteiger partial charge in [-0.1, -0.05) is 19.1 Å². The van der Waals surface area contributed by atoms with Crippen molar-refractivity contribution in [3.05, 3.63) is 64.2 Å². The molecule has 12 heteroatoms. The molecule has 4 rings (SSSR count). The molecular formula is C33H38O12. The standard InChI is InChI=1S/C33H38O12/c1-7-38-30(35)18-41-27-11-21(9-10-24(27)20(3)15-37-6)26-14-25(34)32-28(42-19-31(36)39-8-2)12-22(13-29(32)44-26)40-16-23-17-43-33(4,5)45-23/h9-14,17,20H,7-8,15-16,18-19H2,1-6H3. The Labute approximate surface area is 260 Å². The summed E-state index contributed by atoms with van der Waals surface area (Å²) in [4.78, 5) is 37.6. The van der Waals surface area contributed by atoms with E-state index in [0.717, 1.165) is 5.56 Å². The molecule has 1 aliphatic heterocycles. The quantitative estimate of drug-likeness (QED) is 0.208. The van der Waals surface area contributed by atoms with E-state index in [9.17, 15) is 14.4 Å². The largest absolute Gasteiger partial charge is 0.485 e. The highest BCUT2D eigenvalue weighted by atomic mass is 16.7. The highest BCUT2D eigenvalue weighted by Gasteiger charge is 2.28. The van der Waals surface area contributed by atoms with E-state index in [0.29, 0.717) is 23.7 Å². The number of fused-ring (bicyclic) bond motifs is 1. The van der Waals surface area contributed by atoms with Crippen molar-refractivity contribution in [3.63, 3.8) is 0 Å². The van der Waals surface area contributed by atoms with Crippen molar-refractivity contribution in [3.8, 4) is 28.6 Å². The zero-order chi connectivity index (χ0) is 32.6. The Morgan fingerprint density at radius 1 is 0.911 bits per heavy atom. The molecule has 0 saturated carbocycles. The Morgan fingerprint density at radius 3 is 2.22 bits per heavy atom. The normalized spacial score (nSPS) is 14.1. The summed E-state index contributed by atoms with van der Waals surface area (Å²) in [6.45, 7) is 9.02. The number of hydrogen-bond donors (Lipinski definition) is 0. The first-order valence-corrected chi connectivity index (χ1v) is 14.5. The minimum Gasteiger partial charge on any atom is -0.485 e. The lowest BCUT2D eigenvalue weighted by Gasteiger charge is -2.18. The van der Waals surface area contributed by atoms with E-state index in [1.54, 1.807) is 53.0 Å². The van der Waals surface area contributed by atoms with Crippen LogP contribution in [0.4, 0.5) is 0 Å². The monoisotopic (exact) mass is 626 g/mol. The predicted octanol–water partition coefficient (Wildman–Crippen LogP) is 5.10. The number of ether oxygens (including phenoxy) is 8. The van der Waals surface area contributed by atoms with Gasteiger partial charge in [0.2, 0.25) is 5.79 Å². The molecule has 1 atom stereocenters. The minimum atomic E-state index is -0.812. The van der Waals surface area contributed by atoms with Crippen LogP contribution in [-0.4, -0.2) is 64.5 Å². The van der Waals surface area contributed by atoms with Gasteiger partial charge >= 0.3 is 11.9 Å². The average Bonchev–Trinajstić information content (AvgIpc) is 3.36. The van der Waals surface area contributed by atoms with Gasteiger partial charge in [-0.05, 0) is 25.5 Å². The molecular weight excluding hydrogens is 588 g/mol. The molecule has 2 aromatic carbocycles. The van der Waals surface area contributed by atoms with Gasteiger partial charge in [0, 0.05) is 50.6 Å². The van der Waals surface area contributed by atoms with E-state index in [4.69, 9.17) is 42.3 Å². The van der Waals surface area contributed by atoms with E-state index < -0.39 is 29.8 Å². The molecule has 0 fully saturated rings. The second-order valence-corrected chi connectivity index (χ2v) is 10.6. The van der Waals surface area contributed by atoms with Crippen LogP contribution in [0, 0.1) is 0 Å². The smallest absolute Gasteiger partial charge is 0.344 e. The highest BCUT2D eigenvalue weighted by Crippen LogP contribution is 2.36. The predicted molar refractivity (Wildman–Crippen MR) is 162 cm³/mol. The molecule has 3 aromatic rings. The summed E-state index contributed by atoms with van der Waals surface area (Å²) in [5.74, 6) is -0.506. The fraction of sp³-hybridized carbons (Fsp3) is 0.424. The van der Waals surface area contributed by atoms with Crippen molar-refractivity contribution in [2.24, 2.45) is 0 Å². The maximum atomic E-state index is 13.5. The second kappa shape index (κ2) is 14.8. The Kier molecular flexibility index (Phi) is 10.9. The Hall–Kier alpha value is -4.71. The van der Waals surface area contributed by atoms with E-state index in [1.807, 2.05) is 13.0 Å². The number of methoxy groups -OCH3 is 1. The van der Waals surface area contributed by atoms with Gasteiger partial charge in [0.15, 0.2) is 24.4 Å². The fourth-order valence-corrected chi connectivity index (χ4v) is 4.60. The van der Waals surface area contributed by atoms with Crippen molar-refractivity contribution >= 4 is 22.9 Å². The van der Waals surface area contributed by atoms with Gasteiger partial charge in [0.1, 0.15) is 46.8 Å². The molecule has 1 aliphatic rings. The zero-order valence-corrected chi connectivity index (χ0v) is 26.3. The Balaban J connectivity index is 1.73. The number of benzene rings is 2. The van der Waals surface area contributed by atoms with Crippen molar-refractivity contribution in [2.75, 3.05) is 46.8 Å². The van der Waals surface area contributed by atoms with Gasteiger partial charge in [-0.3, -0.25) is 4.79 Å². The fourth-order valence-electron chi connectivity index (χ4n) is 4.60. The molecule has 1 aromatic heterocycles. The third-order valence-electron chi connectivity index (χ3n) is 6.55. The zero-order valence-electron chi connectivity index (χ0n) is 26.3. The maximum absolute atomic E-state index is 13.5.